The fourth-order valence-corrected chi connectivity index (χ4v) is 2.81. The van der Waals surface area contributed by atoms with E-state index in [0.717, 1.165) is 14.6 Å². The number of rotatable bonds is 10. The van der Waals surface area contributed by atoms with Gasteiger partial charge in [0, 0.05) is 6.04 Å². The van der Waals surface area contributed by atoms with E-state index in [1.54, 1.807) is 0 Å². The normalized spacial score (nSPS) is 13.8. The minimum atomic E-state index is 0.493. The molecule has 2 atom stereocenters. The van der Waals surface area contributed by atoms with Gasteiger partial charge in [0.25, 0.3) is 0 Å². The molecular formula is C14H30NP. The van der Waals surface area contributed by atoms with E-state index in [2.05, 4.69) is 39.1 Å². The van der Waals surface area contributed by atoms with Gasteiger partial charge in [0.2, 0.25) is 0 Å². The Morgan fingerprint density at radius 2 is 1.75 bits per heavy atom. The molecule has 1 nitrogen and oxygen atoms in total. The summed E-state index contributed by atoms with van der Waals surface area (Å²) in [6, 6.07) is 0.493. The van der Waals surface area contributed by atoms with E-state index in [4.69, 9.17) is 0 Å². The third-order valence-corrected chi connectivity index (χ3v) is 3.96. The Labute approximate surface area is 104 Å². The Morgan fingerprint density at radius 1 is 1.19 bits per heavy atom. The van der Waals surface area contributed by atoms with Gasteiger partial charge in [0.1, 0.15) is 0 Å². The van der Waals surface area contributed by atoms with Crippen LogP contribution >= 0.6 is 8.73 Å². The van der Waals surface area contributed by atoms with Crippen molar-refractivity contribution in [1.82, 2.24) is 5.09 Å². The molecule has 0 radical (unpaired) electrons. The Morgan fingerprint density at radius 3 is 2.19 bits per heavy atom. The summed E-state index contributed by atoms with van der Waals surface area (Å²) in [4.78, 5) is 0. The van der Waals surface area contributed by atoms with E-state index >= 15 is 0 Å². The second kappa shape index (κ2) is 10.3. The highest BCUT2D eigenvalue weighted by atomic mass is 31.1. The van der Waals surface area contributed by atoms with Crippen LogP contribution in [0.15, 0.2) is 12.2 Å². The summed E-state index contributed by atoms with van der Waals surface area (Å²) >= 11 is 0. The lowest BCUT2D eigenvalue weighted by atomic mass is 9.90. The standard InChI is InChI=1S/C14H30NP/c1-6-8-14(9-7-2)11-10-12(3)13(4)15-16-5/h13-16H,3,6-11H2,1-2,4-5H3. The summed E-state index contributed by atoms with van der Waals surface area (Å²) in [5.74, 6) is 0.919. The van der Waals surface area contributed by atoms with Gasteiger partial charge < -0.3 is 0 Å². The molecule has 0 aromatic heterocycles. The molecule has 0 saturated carbocycles. The molecule has 96 valence electrons. The molecule has 0 aliphatic carbocycles. The van der Waals surface area contributed by atoms with E-state index in [0.29, 0.717) is 6.04 Å². The van der Waals surface area contributed by atoms with Crippen LogP contribution in [0, 0.1) is 5.92 Å². The van der Waals surface area contributed by atoms with Crippen molar-refractivity contribution < 1.29 is 0 Å². The van der Waals surface area contributed by atoms with Gasteiger partial charge in [-0.1, -0.05) is 60.4 Å². The zero-order valence-corrected chi connectivity index (χ0v) is 12.6. The molecule has 0 spiro atoms. The highest BCUT2D eigenvalue weighted by Gasteiger charge is 2.10. The van der Waals surface area contributed by atoms with E-state index in [1.165, 1.54) is 44.1 Å². The fourth-order valence-electron chi connectivity index (χ4n) is 2.17. The molecule has 0 aromatic rings. The van der Waals surface area contributed by atoms with Gasteiger partial charge in [-0.25, -0.2) is 0 Å². The molecule has 0 aliphatic rings. The van der Waals surface area contributed by atoms with Crippen LogP contribution in [-0.2, 0) is 0 Å². The fraction of sp³-hybridized carbons (Fsp3) is 0.857. The summed E-state index contributed by atoms with van der Waals surface area (Å²) < 4.78 is 0. The largest absolute Gasteiger partial charge is 0.292 e. The maximum absolute atomic E-state index is 4.21. The van der Waals surface area contributed by atoms with Crippen molar-refractivity contribution in [3.8, 4) is 0 Å². The molecule has 1 N–H and O–H groups in total. The average molecular weight is 243 g/mol. The van der Waals surface area contributed by atoms with Gasteiger partial charge in [-0.3, -0.25) is 5.09 Å². The first kappa shape index (κ1) is 16.1. The van der Waals surface area contributed by atoms with Gasteiger partial charge in [0.05, 0.1) is 0 Å². The van der Waals surface area contributed by atoms with Crippen LogP contribution in [0.1, 0.15) is 59.3 Å². The van der Waals surface area contributed by atoms with Crippen molar-refractivity contribution in [2.75, 3.05) is 6.66 Å². The van der Waals surface area contributed by atoms with Gasteiger partial charge >= 0.3 is 0 Å². The van der Waals surface area contributed by atoms with Crippen molar-refractivity contribution in [1.29, 1.82) is 0 Å². The molecule has 0 aromatic carbocycles. The second-order valence-electron chi connectivity index (χ2n) is 4.76. The zero-order valence-electron chi connectivity index (χ0n) is 11.6. The third kappa shape index (κ3) is 7.41. The van der Waals surface area contributed by atoms with Crippen molar-refractivity contribution in [2.24, 2.45) is 5.92 Å². The van der Waals surface area contributed by atoms with Crippen molar-refractivity contribution in [2.45, 2.75) is 65.3 Å². The Balaban J connectivity index is 3.85. The molecule has 0 aliphatic heterocycles. The third-order valence-electron chi connectivity index (χ3n) is 3.24. The van der Waals surface area contributed by atoms with E-state index in [1.807, 2.05) is 0 Å². The molecule has 0 amide bonds. The summed E-state index contributed by atoms with van der Waals surface area (Å²) in [5.41, 5.74) is 1.38. The Kier molecular flexibility index (Phi) is 10.4. The van der Waals surface area contributed by atoms with Gasteiger partial charge in [-0.05, 0) is 32.3 Å². The second-order valence-corrected chi connectivity index (χ2v) is 5.54. The summed E-state index contributed by atoms with van der Waals surface area (Å²) in [7, 11) is 0.820. The van der Waals surface area contributed by atoms with Crippen LogP contribution < -0.4 is 5.09 Å². The molecule has 0 heterocycles. The van der Waals surface area contributed by atoms with Crippen molar-refractivity contribution in [3.63, 3.8) is 0 Å². The minimum Gasteiger partial charge on any atom is -0.292 e. The molecule has 0 fully saturated rings. The van der Waals surface area contributed by atoms with E-state index < -0.39 is 0 Å². The molecule has 2 heteroatoms. The molecule has 16 heavy (non-hydrogen) atoms. The van der Waals surface area contributed by atoms with Gasteiger partial charge in [-0.15, -0.1) is 0 Å². The maximum atomic E-state index is 4.21. The summed E-state index contributed by atoms with van der Waals surface area (Å²) in [6.07, 6.45) is 7.95. The summed E-state index contributed by atoms with van der Waals surface area (Å²) in [6.45, 7) is 13.2. The number of hydrogen-bond donors (Lipinski definition) is 1. The maximum Gasteiger partial charge on any atom is 0.0282 e. The van der Waals surface area contributed by atoms with E-state index in [9.17, 15) is 0 Å². The lowest BCUT2D eigenvalue weighted by molar-refractivity contribution is 0.407. The van der Waals surface area contributed by atoms with Crippen molar-refractivity contribution >= 4 is 8.73 Å². The number of hydrogen-bond acceptors (Lipinski definition) is 1. The molecule has 0 bridgehead atoms. The predicted octanol–water partition coefficient (Wildman–Crippen LogP) is 4.74. The molecular weight excluding hydrogens is 213 g/mol. The molecule has 0 saturated heterocycles. The monoisotopic (exact) mass is 243 g/mol. The minimum absolute atomic E-state index is 0.493. The predicted molar refractivity (Wildman–Crippen MR) is 78.5 cm³/mol. The topological polar surface area (TPSA) is 12.0 Å². The van der Waals surface area contributed by atoms with Crippen LogP contribution in [-0.4, -0.2) is 12.7 Å². The van der Waals surface area contributed by atoms with E-state index in [-0.39, 0.29) is 0 Å². The van der Waals surface area contributed by atoms with Crippen LogP contribution in [0.5, 0.6) is 0 Å². The van der Waals surface area contributed by atoms with Crippen LogP contribution in [0.2, 0.25) is 0 Å². The lowest BCUT2D eigenvalue weighted by Crippen LogP contribution is -2.20. The molecule has 2 unspecified atom stereocenters. The average Bonchev–Trinajstić information content (AvgIpc) is 2.26. The Bertz CT molecular complexity index is 174. The first-order chi connectivity index (χ1) is 7.65. The van der Waals surface area contributed by atoms with Gasteiger partial charge in [0.15, 0.2) is 0 Å². The highest BCUT2D eigenvalue weighted by Crippen LogP contribution is 2.22. The summed E-state index contributed by atoms with van der Waals surface area (Å²) in [5, 5.41) is 3.46. The van der Waals surface area contributed by atoms with Crippen LogP contribution in [0.25, 0.3) is 0 Å². The smallest absolute Gasteiger partial charge is 0.0282 e. The highest BCUT2D eigenvalue weighted by molar-refractivity contribution is 7.34. The SMILES string of the molecule is C=C(CCC(CCC)CCC)C(C)NPC. The zero-order chi connectivity index (χ0) is 12.4. The van der Waals surface area contributed by atoms with Crippen molar-refractivity contribution in [3.05, 3.63) is 12.2 Å². The first-order valence-corrected chi connectivity index (χ1v) is 8.25. The Hall–Kier alpha value is 0.130. The van der Waals surface area contributed by atoms with Gasteiger partial charge in [-0.2, -0.15) is 0 Å². The lowest BCUT2D eigenvalue weighted by Gasteiger charge is -2.19. The first-order valence-electron chi connectivity index (χ1n) is 6.75. The molecule has 0 rings (SSSR count). The number of nitrogens with one attached hydrogen (secondary N) is 1. The van der Waals surface area contributed by atoms with Crippen LogP contribution in [0.4, 0.5) is 0 Å². The quantitative estimate of drug-likeness (QED) is 0.431. The van der Waals surface area contributed by atoms with Crippen LogP contribution in [0.3, 0.4) is 0 Å².